The molecule has 30 heavy (non-hydrogen) atoms. The summed E-state index contributed by atoms with van der Waals surface area (Å²) in [5.41, 5.74) is 1.71. The van der Waals surface area contributed by atoms with Gasteiger partial charge in [-0.15, -0.1) is 0 Å². The Morgan fingerprint density at radius 3 is 2.47 bits per heavy atom. The summed E-state index contributed by atoms with van der Waals surface area (Å²) in [6, 6.07) is 16.1. The number of fused-ring (bicyclic) bond motifs is 2. The van der Waals surface area contributed by atoms with Crippen LogP contribution in [0.1, 0.15) is 42.7 Å². The lowest BCUT2D eigenvalue weighted by atomic mass is 10.1. The molecule has 0 spiro atoms. The van der Waals surface area contributed by atoms with E-state index in [9.17, 15) is 9.59 Å². The molecular formula is C23H23N5O2. The largest absolute Gasteiger partial charge is 0.350 e. The van der Waals surface area contributed by atoms with Gasteiger partial charge in [0.15, 0.2) is 0 Å². The maximum Gasteiger partial charge on any atom is 0.267 e. The number of rotatable bonds is 4. The molecule has 4 aromatic rings. The maximum absolute atomic E-state index is 13.2. The molecule has 0 aliphatic carbocycles. The van der Waals surface area contributed by atoms with Gasteiger partial charge in [0.05, 0.1) is 17.0 Å². The molecule has 0 aliphatic rings. The molecule has 0 bridgehead atoms. The minimum atomic E-state index is -0.386. The zero-order valence-corrected chi connectivity index (χ0v) is 17.1. The average Bonchev–Trinajstić information content (AvgIpc) is 2.73. The first-order chi connectivity index (χ1) is 14.4. The van der Waals surface area contributed by atoms with Gasteiger partial charge < -0.3 is 9.88 Å². The summed E-state index contributed by atoms with van der Waals surface area (Å²) < 4.78 is 3.11. The molecule has 3 heterocycles. The number of nitrogens with zero attached hydrogens (tertiary/aromatic N) is 3. The van der Waals surface area contributed by atoms with Crippen molar-refractivity contribution in [3.05, 3.63) is 87.8 Å². The van der Waals surface area contributed by atoms with Crippen LogP contribution in [0, 0.1) is 5.41 Å². The van der Waals surface area contributed by atoms with Crippen LogP contribution in [0.4, 0.5) is 0 Å². The van der Waals surface area contributed by atoms with Gasteiger partial charge in [-0.25, -0.2) is 4.98 Å². The van der Waals surface area contributed by atoms with Crippen molar-refractivity contribution in [1.82, 2.24) is 19.3 Å². The molecule has 1 atom stereocenters. The Labute approximate surface area is 173 Å². The van der Waals surface area contributed by atoms with Crippen LogP contribution in [0.15, 0.2) is 65.6 Å². The first kappa shape index (κ1) is 19.6. The molecule has 2 N–H and O–H groups in total. The highest BCUT2D eigenvalue weighted by atomic mass is 16.1. The standard InChI is InChI=1S/C23H23N5O2/c1-14(2)25-22(29)17-13-18-21(26-19-11-7-8-12-27(19)23(18)30)28(20(17)24)15(3)16-9-5-4-6-10-16/h4-15,24H,1-3H3,(H,25,29). The predicted molar refractivity (Wildman–Crippen MR) is 116 cm³/mol. The lowest BCUT2D eigenvalue weighted by Gasteiger charge is -2.21. The Morgan fingerprint density at radius 2 is 1.77 bits per heavy atom. The summed E-state index contributed by atoms with van der Waals surface area (Å²) in [6.45, 7) is 5.64. The Hall–Kier alpha value is -3.74. The Morgan fingerprint density at radius 1 is 1.07 bits per heavy atom. The Bertz CT molecular complexity index is 1370. The van der Waals surface area contributed by atoms with Crippen molar-refractivity contribution in [2.75, 3.05) is 0 Å². The van der Waals surface area contributed by atoms with Crippen molar-refractivity contribution in [3.8, 4) is 0 Å². The van der Waals surface area contributed by atoms with Gasteiger partial charge in [0.25, 0.3) is 11.5 Å². The summed E-state index contributed by atoms with van der Waals surface area (Å²) in [5, 5.41) is 11.9. The highest BCUT2D eigenvalue weighted by Crippen LogP contribution is 2.20. The van der Waals surface area contributed by atoms with Crippen molar-refractivity contribution < 1.29 is 4.79 Å². The number of aromatic nitrogens is 3. The highest BCUT2D eigenvalue weighted by Gasteiger charge is 2.21. The molecule has 4 rings (SSSR count). The number of hydrogen-bond acceptors (Lipinski definition) is 4. The number of carbonyl (C=O) groups is 1. The molecule has 0 fully saturated rings. The van der Waals surface area contributed by atoms with Crippen LogP contribution in [-0.2, 0) is 0 Å². The molecule has 0 saturated heterocycles. The van der Waals surface area contributed by atoms with Crippen LogP contribution in [0.25, 0.3) is 16.7 Å². The molecule has 7 heteroatoms. The van der Waals surface area contributed by atoms with Crippen LogP contribution in [0.3, 0.4) is 0 Å². The lowest BCUT2D eigenvalue weighted by Crippen LogP contribution is -2.38. The fourth-order valence-corrected chi connectivity index (χ4v) is 3.62. The van der Waals surface area contributed by atoms with Crippen LogP contribution >= 0.6 is 0 Å². The van der Waals surface area contributed by atoms with Crippen LogP contribution in [-0.4, -0.2) is 25.9 Å². The maximum atomic E-state index is 13.2. The minimum Gasteiger partial charge on any atom is -0.350 e. The molecule has 0 saturated carbocycles. The van der Waals surface area contributed by atoms with E-state index in [1.807, 2.05) is 57.2 Å². The summed E-state index contributed by atoms with van der Waals surface area (Å²) in [5.74, 6) is -0.386. The molecule has 3 aromatic heterocycles. The average molecular weight is 401 g/mol. The quantitative estimate of drug-likeness (QED) is 0.515. The molecule has 1 unspecified atom stereocenters. The van der Waals surface area contributed by atoms with Gasteiger partial charge in [-0.05, 0) is 44.5 Å². The van der Waals surface area contributed by atoms with Gasteiger partial charge >= 0.3 is 0 Å². The first-order valence-electron chi connectivity index (χ1n) is 9.85. The molecule has 7 nitrogen and oxygen atoms in total. The van der Waals surface area contributed by atoms with Crippen molar-refractivity contribution >= 4 is 22.6 Å². The molecular weight excluding hydrogens is 378 g/mol. The van der Waals surface area contributed by atoms with Crippen LogP contribution < -0.4 is 16.4 Å². The van der Waals surface area contributed by atoms with Crippen molar-refractivity contribution in [1.29, 1.82) is 5.41 Å². The van der Waals surface area contributed by atoms with E-state index in [4.69, 9.17) is 5.41 Å². The third-order valence-corrected chi connectivity index (χ3v) is 5.10. The van der Waals surface area contributed by atoms with Crippen LogP contribution in [0.2, 0.25) is 0 Å². The summed E-state index contributed by atoms with van der Waals surface area (Å²) >= 11 is 0. The van der Waals surface area contributed by atoms with Crippen molar-refractivity contribution in [2.45, 2.75) is 32.9 Å². The molecule has 1 amide bonds. The van der Waals surface area contributed by atoms with E-state index >= 15 is 0 Å². The number of nitrogens with one attached hydrogen (secondary N) is 2. The van der Waals surface area contributed by atoms with Crippen LogP contribution in [0.5, 0.6) is 0 Å². The third-order valence-electron chi connectivity index (χ3n) is 5.10. The minimum absolute atomic E-state index is 0.0178. The van der Waals surface area contributed by atoms with Gasteiger partial charge in [-0.2, -0.15) is 0 Å². The predicted octanol–water partition coefficient (Wildman–Crippen LogP) is 2.88. The zero-order chi connectivity index (χ0) is 21.4. The van der Waals surface area contributed by atoms with Gasteiger partial charge in [0, 0.05) is 12.2 Å². The second-order valence-electron chi connectivity index (χ2n) is 7.57. The van der Waals surface area contributed by atoms with E-state index in [2.05, 4.69) is 10.3 Å². The number of hydrogen-bond donors (Lipinski definition) is 2. The van der Waals surface area contributed by atoms with E-state index in [0.29, 0.717) is 16.7 Å². The third kappa shape index (κ3) is 3.28. The summed E-state index contributed by atoms with van der Waals surface area (Å²) in [6.07, 6.45) is 1.65. The van der Waals surface area contributed by atoms with Crippen molar-refractivity contribution in [2.24, 2.45) is 0 Å². The monoisotopic (exact) mass is 401 g/mol. The second-order valence-corrected chi connectivity index (χ2v) is 7.57. The number of pyridine rings is 2. The smallest absolute Gasteiger partial charge is 0.267 e. The highest BCUT2D eigenvalue weighted by molar-refractivity contribution is 5.97. The van der Waals surface area contributed by atoms with Gasteiger partial charge in [-0.1, -0.05) is 36.4 Å². The fourth-order valence-electron chi connectivity index (χ4n) is 3.62. The molecule has 152 valence electrons. The van der Waals surface area contributed by atoms with E-state index in [-0.39, 0.29) is 34.6 Å². The normalized spacial score (nSPS) is 12.4. The Balaban J connectivity index is 2.11. The Kier molecular flexibility index (Phi) is 4.95. The van der Waals surface area contributed by atoms with E-state index in [1.54, 1.807) is 22.9 Å². The van der Waals surface area contributed by atoms with Crippen molar-refractivity contribution in [3.63, 3.8) is 0 Å². The molecule has 0 aliphatic heterocycles. The van der Waals surface area contributed by atoms with E-state index in [0.717, 1.165) is 5.56 Å². The van der Waals surface area contributed by atoms with E-state index < -0.39 is 0 Å². The summed E-state index contributed by atoms with van der Waals surface area (Å²) in [7, 11) is 0. The fraction of sp³-hybridized carbons (Fsp3) is 0.217. The lowest BCUT2D eigenvalue weighted by molar-refractivity contribution is 0.0940. The molecule has 1 aromatic carbocycles. The summed E-state index contributed by atoms with van der Waals surface area (Å²) in [4.78, 5) is 30.7. The van der Waals surface area contributed by atoms with Gasteiger partial charge in [0.2, 0.25) is 0 Å². The number of benzene rings is 1. The SMILES string of the molecule is CC(C)NC(=O)c1cc2c(=O)n3ccccc3nc2n(C(C)c2ccccc2)c1=N. The topological polar surface area (TPSA) is 92.2 Å². The second kappa shape index (κ2) is 7.59. The number of carbonyl (C=O) groups excluding carboxylic acids is 1. The number of amides is 1. The van der Waals surface area contributed by atoms with Gasteiger partial charge in [0.1, 0.15) is 16.8 Å². The first-order valence-corrected chi connectivity index (χ1v) is 9.85. The molecule has 0 radical (unpaired) electrons. The van der Waals surface area contributed by atoms with Gasteiger partial charge in [-0.3, -0.25) is 19.4 Å². The van der Waals surface area contributed by atoms with E-state index in [1.165, 1.54) is 10.5 Å². The zero-order valence-electron chi connectivity index (χ0n) is 17.1.